The summed E-state index contributed by atoms with van der Waals surface area (Å²) in [5, 5.41) is 0. The van der Waals surface area contributed by atoms with Crippen LogP contribution in [0.2, 0.25) is 0 Å². The van der Waals surface area contributed by atoms with Crippen LogP contribution in [0.5, 0.6) is 0 Å². The average molecular weight is 511 g/mol. The summed E-state index contributed by atoms with van der Waals surface area (Å²) in [6.45, 7) is 11.6. The van der Waals surface area contributed by atoms with Crippen molar-refractivity contribution in [1.82, 2.24) is 0 Å². The second-order valence-electron chi connectivity index (χ2n) is 11.7. The van der Waals surface area contributed by atoms with Crippen LogP contribution in [-0.2, 0) is 10.3 Å². The zero-order valence-electron chi connectivity index (χ0n) is 24.5. The Kier molecular flexibility index (Phi) is 12.4. The monoisotopic (exact) mass is 510 g/mol. The van der Waals surface area contributed by atoms with Gasteiger partial charge in [-0.15, -0.1) is 0 Å². The average Bonchev–Trinajstić information content (AvgIpc) is 2.93. The minimum atomic E-state index is -0.685. The molecule has 0 aliphatic carbocycles. The van der Waals surface area contributed by atoms with Crippen LogP contribution in [0.15, 0.2) is 103 Å². The third-order valence-corrected chi connectivity index (χ3v) is 7.36. The maximum atomic E-state index is 7.45. The second kappa shape index (κ2) is 15.7. The van der Waals surface area contributed by atoms with Crippen LogP contribution in [0, 0.1) is 17.8 Å². The maximum absolute atomic E-state index is 7.45. The lowest BCUT2D eigenvalue weighted by Gasteiger charge is -2.38. The van der Waals surface area contributed by atoms with Gasteiger partial charge in [0.15, 0.2) is 0 Å². The van der Waals surface area contributed by atoms with Crippen LogP contribution in [0.25, 0.3) is 0 Å². The summed E-state index contributed by atoms with van der Waals surface area (Å²) >= 11 is 0. The van der Waals surface area contributed by atoms with Gasteiger partial charge in [0.25, 0.3) is 0 Å². The lowest BCUT2D eigenvalue weighted by atomic mass is 9.79. The smallest absolute Gasteiger partial charge is 0.144 e. The number of hydrogen-bond acceptors (Lipinski definition) is 1. The maximum Gasteiger partial charge on any atom is 0.144 e. The van der Waals surface area contributed by atoms with Crippen molar-refractivity contribution in [3.63, 3.8) is 0 Å². The molecule has 3 rings (SSSR count). The molecule has 0 radical (unpaired) electrons. The van der Waals surface area contributed by atoms with E-state index in [9.17, 15) is 0 Å². The molecule has 0 aliphatic rings. The predicted molar refractivity (Wildman–Crippen MR) is 164 cm³/mol. The van der Waals surface area contributed by atoms with Gasteiger partial charge in [-0.2, -0.15) is 0 Å². The van der Waals surface area contributed by atoms with Gasteiger partial charge in [-0.05, 0) is 53.7 Å². The molecule has 3 aromatic carbocycles. The van der Waals surface area contributed by atoms with E-state index in [1.54, 1.807) is 0 Å². The Morgan fingerprint density at radius 1 is 0.605 bits per heavy atom. The fraction of sp³-hybridized carbons (Fsp3) is 0.459. The lowest BCUT2D eigenvalue weighted by molar-refractivity contribution is -0.0289. The minimum Gasteiger partial charge on any atom is -0.354 e. The highest BCUT2D eigenvalue weighted by atomic mass is 16.5. The molecule has 0 bridgehead atoms. The molecule has 0 N–H and O–H groups in total. The van der Waals surface area contributed by atoms with Gasteiger partial charge in [-0.1, -0.05) is 163 Å². The summed E-state index contributed by atoms with van der Waals surface area (Å²) in [6.07, 6.45) is 13.3. The fourth-order valence-electron chi connectivity index (χ4n) is 5.66. The number of ether oxygens (including phenoxy) is 1. The molecule has 0 saturated heterocycles. The molecule has 0 aromatic heterocycles. The molecule has 3 aromatic rings. The van der Waals surface area contributed by atoms with E-state index in [-0.39, 0.29) is 6.10 Å². The van der Waals surface area contributed by atoms with Crippen molar-refractivity contribution < 1.29 is 4.74 Å². The zero-order chi connectivity index (χ0) is 27.2. The number of unbranched alkanes of at least 4 members (excludes halogenated alkanes) is 3. The Hall–Kier alpha value is -2.64. The standard InChI is InChI=1S/C37H50O/c1-6-7-8-18-25-36(27-26-32(28-30(2)3)29-31(4)5)38-37(33-19-12-9-13-20-33,34-21-14-10-15-22-34)35-23-16-11-17-24-35/h9-17,19-24,26-27,30-32,36H,6-8,18,25,28-29H2,1-5H3/b27-26+. The molecule has 1 nitrogen and oxygen atoms in total. The van der Waals surface area contributed by atoms with Crippen molar-refractivity contribution in [1.29, 1.82) is 0 Å². The van der Waals surface area contributed by atoms with E-state index < -0.39 is 5.60 Å². The Labute approximate surface area is 233 Å². The van der Waals surface area contributed by atoms with Crippen molar-refractivity contribution in [3.8, 4) is 0 Å². The van der Waals surface area contributed by atoms with Crippen LogP contribution >= 0.6 is 0 Å². The molecule has 0 aliphatic heterocycles. The van der Waals surface area contributed by atoms with E-state index in [2.05, 4.69) is 138 Å². The van der Waals surface area contributed by atoms with Crippen molar-refractivity contribution in [2.45, 2.75) is 91.3 Å². The first-order valence-corrected chi connectivity index (χ1v) is 15.0. The van der Waals surface area contributed by atoms with E-state index in [0.717, 1.165) is 6.42 Å². The van der Waals surface area contributed by atoms with Gasteiger partial charge in [-0.3, -0.25) is 0 Å². The van der Waals surface area contributed by atoms with Gasteiger partial charge in [0.2, 0.25) is 0 Å². The molecule has 1 atom stereocenters. The molecule has 1 unspecified atom stereocenters. The third-order valence-electron chi connectivity index (χ3n) is 7.36. The molecular formula is C37H50O. The quantitative estimate of drug-likeness (QED) is 0.106. The van der Waals surface area contributed by atoms with E-state index in [4.69, 9.17) is 4.74 Å². The molecule has 204 valence electrons. The first kappa shape index (κ1) is 29.9. The Morgan fingerprint density at radius 2 is 1.05 bits per heavy atom. The molecule has 38 heavy (non-hydrogen) atoms. The predicted octanol–water partition coefficient (Wildman–Crippen LogP) is 10.6. The van der Waals surface area contributed by atoms with Crippen LogP contribution in [0.4, 0.5) is 0 Å². The normalized spacial score (nSPS) is 13.2. The van der Waals surface area contributed by atoms with E-state index in [1.807, 2.05) is 0 Å². The summed E-state index contributed by atoms with van der Waals surface area (Å²) in [4.78, 5) is 0. The minimum absolute atomic E-state index is 0.0225. The number of benzene rings is 3. The Bertz CT molecular complexity index is 929. The summed E-state index contributed by atoms with van der Waals surface area (Å²) in [7, 11) is 0. The van der Waals surface area contributed by atoms with Crippen molar-refractivity contribution in [3.05, 3.63) is 120 Å². The van der Waals surface area contributed by atoms with Gasteiger partial charge in [0.1, 0.15) is 5.60 Å². The largest absolute Gasteiger partial charge is 0.354 e. The van der Waals surface area contributed by atoms with Crippen LogP contribution in [0.1, 0.15) is 96.3 Å². The van der Waals surface area contributed by atoms with Gasteiger partial charge in [0.05, 0.1) is 6.10 Å². The van der Waals surface area contributed by atoms with Gasteiger partial charge in [0, 0.05) is 0 Å². The van der Waals surface area contributed by atoms with Crippen molar-refractivity contribution >= 4 is 0 Å². The molecule has 0 heterocycles. The summed E-state index contributed by atoms with van der Waals surface area (Å²) in [6, 6.07) is 32.4. The highest BCUT2D eigenvalue weighted by Crippen LogP contribution is 2.42. The Morgan fingerprint density at radius 3 is 1.45 bits per heavy atom. The summed E-state index contributed by atoms with van der Waals surface area (Å²) in [5.74, 6) is 1.95. The van der Waals surface area contributed by atoms with Crippen LogP contribution < -0.4 is 0 Å². The first-order chi connectivity index (χ1) is 18.5. The lowest BCUT2D eigenvalue weighted by Crippen LogP contribution is -2.36. The molecule has 0 fully saturated rings. The first-order valence-electron chi connectivity index (χ1n) is 15.0. The summed E-state index contributed by atoms with van der Waals surface area (Å²) < 4.78 is 7.45. The highest BCUT2D eigenvalue weighted by molar-refractivity contribution is 5.47. The summed E-state index contributed by atoms with van der Waals surface area (Å²) in [5.41, 5.74) is 2.83. The van der Waals surface area contributed by atoms with Gasteiger partial charge in [-0.25, -0.2) is 0 Å². The van der Waals surface area contributed by atoms with Crippen LogP contribution in [-0.4, -0.2) is 6.10 Å². The van der Waals surface area contributed by atoms with Gasteiger partial charge >= 0.3 is 0 Å². The van der Waals surface area contributed by atoms with E-state index in [0.29, 0.717) is 17.8 Å². The Balaban J connectivity index is 2.09. The zero-order valence-corrected chi connectivity index (χ0v) is 24.5. The fourth-order valence-corrected chi connectivity index (χ4v) is 5.66. The number of rotatable bonds is 16. The number of allylic oxidation sites excluding steroid dienone is 1. The third kappa shape index (κ3) is 8.70. The molecule has 0 saturated carbocycles. The van der Waals surface area contributed by atoms with Crippen molar-refractivity contribution in [2.75, 3.05) is 0 Å². The topological polar surface area (TPSA) is 9.23 Å². The van der Waals surface area contributed by atoms with E-state index >= 15 is 0 Å². The van der Waals surface area contributed by atoms with Crippen LogP contribution in [0.3, 0.4) is 0 Å². The van der Waals surface area contributed by atoms with E-state index in [1.165, 1.54) is 55.2 Å². The molecular weight excluding hydrogens is 460 g/mol. The van der Waals surface area contributed by atoms with Gasteiger partial charge < -0.3 is 4.74 Å². The number of hydrogen-bond donors (Lipinski definition) is 0. The van der Waals surface area contributed by atoms with Crippen molar-refractivity contribution in [2.24, 2.45) is 17.8 Å². The second-order valence-corrected chi connectivity index (χ2v) is 11.7. The molecule has 0 amide bonds. The molecule has 1 heteroatoms. The molecule has 0 spiro atoms. The SMILES string of the molecule is CCCCCCC(/C=C/C(CC(C)C)CC(C)C)OC(c1ccccc1)(c1ccccc1)c1ccccc1. The highest BCUT2D eigenvalue weighted by Gasteiger charge is 2.39.